The third-order valence-electron chi connectivity index (χ3n) is 6.20. The van der Waals surface area contributed by atoms with Crippen LogP contribution in [0.3, 0.4) is 0 Å². The summed E-state index contributed by atoms with van der Waals surface area (Å²) >= 11 is 0. The SMILES string of the molecule is CCCCCC(CCCc1ccccc1)C1CCC(CC)CC1. The molecule has 1 atom stereocenters. The average molecular weight is 315 g/mol. The van der Waals surface area contributed by atoms with Crippen LogP contribution in [-0.2, 0) is 6.42 Å². The standard InChI is InChI=1S/C23H38/c1-3-5-7-14-22(23-18-16-20(4-2)17-19-23)15-10-13-21-11-8-6-9-12-21/h6,8-9,11-12,20,22-23H,3-5,7,10,13-19H2,1-2H3. The van der Waals surface area contributed by atoms with Crippen molar-refractivity contribution in [3.63, 3.8) is 0 Å². The number of hydrogen-bond acceptors (Lipinski definition) is 0. The number of unbranched alkanes of at least 4 members (excludes halogenated alkanes) is 2. The predicted molar refractivity (Wildman–Crippen MR) is 103 cm³/mol. The van der Waals surface area contributed by atoms with Gasteiger partial charge in [-0.15, -0.1) is 0 Å². The highest BCUT2D eigenvalue weighted by atomic mass is 14.3. The summed E-state index contributed by atoms with van der Waals surface area (Å²) < 4.78 is 0. The normalized spacial score (nSPS) is 22.9. The zero-order valence-electron chi connectivity index (χ0n) is 15.6. The Morgan fingerprint density at radius 2 is 1.57 bits per heavy atom. The molecule has 1 aliphatic carbocycles. The van der Waals surface area contributed by atoms with Gasteiger partial charge in [-0.2, -0.15) is 0 Å². The van der Waals surface area contributed by atoms with Gasteiger partial charge in [0.15, 0.2) is 0 Å². The van der Waals surface area contributed by atoms with Crippen molar-refractivity contribution in [2.75, 3.05) is 0 Å². The summed E-state index contributed by atoms with van der Waals surface area (Å²) in [5.41, 5.74) is 1.52. The summed E-state index contributed by atoms with van der Waals surface area (Å²) in [7, 11) is 0. The number of benzene rings is 1. The Morgan fingerprint density at radius 3 is 2.22 bits per heavy atom. The average Bonchev–Trinajstić information content (AvgIpc) is 2.61. The molecule has 1 unspecified atom stereocenters. The first-order chi connectivity index (χ1) is 11.3. The van der Waals surface area contributed by atoms with Crippen molar-refractivity contribution in [2.24, 2.45) is 17.8 Å². The Kier molecular flexibility index (Phi) is 8.79. The minimum absolute atomic E-state index is 1.00. The minimum Gasteiger partial charge on any atom is -0.0654 e. The molecule has 1 aliphatic rings. The molecule has 0 aromatic heterocycles. The van der Waals surface area contributed by atoms with Crippen molar-refractivity contribution in [1.29, 1.82) is 0 Å². The van der Waals surface area contributed by atoms with Crippen molar-refractivity contribution >= 4 is 0 Å². The van der Waals surface area contributed by atoms with Crippen LogP contribution in [0, 0.1) is 17.8 Å². The molecule has 0 heterocycles. The molecule has 1 aromatic carbocycles. The summed E-state index contributed by atoms with van der Waals surface area (Å²) in [6, 6.07) is 11.1. The van der Waals surface area contributed by atoms with Gasteiger partial charge in [-0.05, 0) is 55.4 Å². The molecule has 0 N–H and O–H groups in total. The van der Waals surface area contributed by atoms with E-state index in [1.807, 2.05) is 0 Å². The molecule has 1 saturated carbocycles. The maximum Gasteiger partial charge on any atom is -0.0279 e. The zero-order chi connectivity index (χ0) is 16.3. The van der Waals surface area contributed by atoms with Gasteiger partial charge in [0.2, 0.25) is 0 Å². The third kappa shape index (κ3) is 6.69. The fraction of sp³-hybridized carbons (Fsp3) is 0.739. The second kappa shape index (κ2) is 10.9. The lowest BCUT2D eigenvalue weighted by Crippen LogP contribution is -2.22. The quantitative estimate of drug-likeness (QED) is 0.394. The van der Waals surface area contributed by atoms with E-state index in [1.54, 1.807) is 0 Å². The van der Waals surface area contributed by atoms with Gasteiger partial charge in [0.05, 0.1) is 0 Å². The molecule has 0 radical (unpaired) electrons. The van der Waals surface area contributed by atoms with Gasteiger partial charge < -0.3 is 0 Å². The first kappa shape index (κ1) is 18.6. The number of rotatable bonds is 10. The van der Waals surface area contributed by atoms with Gasteiger partial charge in [0.25, 0.3) is 0 Å². The molecule has 0 nitrogen and oxygen atoms in total. The molecule has 1 fully saturated rings. The van der Waals surface area contributed by atoms with E-state index < -0.39 is 0 Å². The first-order valence-corrected chi connectivity index (χ1v) is 10.4. The minimum atomic E-state index is 1.00. The van der Waals surface area contributed by atoms with Crippen LogP contribution in [0.5, 0.6) is 0 Å². The molecule has 0 aliphatic heterocycles. The topological polar surface area (TPSA) is 0 Å². The predicted octanol–water partition coefficient (Wildman–Crippen LogP) is 7.42. The van der Waals surface area contributed by atoms with Crippen molar-refractivity contribution in [3.8, 4) is 0 Å². The van der Waals surface area contributed by atoms with Crippen LogP contribution in [0.15, 0.2) is 30.3 Å². The van der Waals surface area contributed by atoms with E-state index in [9.17, 15) is 0 Å². The fourth-order valence-electron chi connectivity index (χ4n) is 4.55. The molecule has 130 valence electrons. The highest BCUT2D eigenvalue weighted by Crippen LogP contribution is 2.38. The maximum atomic E-state index is 2.38. The molecular formula is C23H38. The third-order valence-corrected chi connectivity index (χ3v) is 6.20. The Balaban J connectivity index is 1.79. The van der Waals surface area contributed by atoms with E-state index in [2.05, 4.69) is 44.2 Å². The Hall–Kier alpha value is -0.780. The largest absolute Gasteiger partial charge is 0.0654 e. The molecule has 0 amide bonds. The molecule has 1 aromatic rings. The highest BCUT2D eigenvalue weighted by Gasteiger charge is 2.26. The number of hydrogen-bond donors (Lipinski definition) is 0. The van der Waals surface area contributed by atoms with Crippen molar-refractivity contribution in [1.82, 2.24) is 0 Å². The van der Waals surface area contributed by atoms with Crippen molar-refractivity contribution in [2.45, 2.75) is 90.9 Å². The molecule has 0 bridgehead atoms. The van der Waals surface area contributed by atoms with Crippen molar-refractivity contribution < 1.29 is 0 Å². The van der Waals surface area contributed by atoms with Crippen LogP contribution in [0.25, 0.3) is 0 Å². The Labute approximate surface area is 145 Å². The van der Waals surface area contributed by atoms with Crippen molar-refractivity contribution in [3.05, 3.63) is 35.9 Å². The van der Waals surface area contributed by atoms with Gasteiger partial charge >= 0.3 is 0 Å². The maximum absolute atomic E-state index is 2.38. The van der Waals surface area contributed by atoms with Gasteiger partial charge in [-0.1, -0.05) is 89.1 Å². The molecular weight excluding hydrogens is 276 g/mol. The second-order valence-corrected chi connectivity index (χ2v) is 7.82. The molecule has 0 spiro atoms. The van der Waals surface area contributed by atoms with Crippen LogP contribution in [0.2, 0.25) is 0 Å². The van der Waals surface area contributed by atoms with E-state index in [1.165, 1.54) is 82.6 Å². The summed E-state index contributed by atoms with van der Waals surface area (Å²) in [6.45, 7) is 4.71. The first-order valence-electron chi connectivity index (χ1n) is 10.4. The Morgan fingerprint density at radius 1 is 0.870 bits per heavy atom. The monoisotopic (exact) mass is 314 g/mol. The van der Waals surface area contributed by atoms with Crippen LogP contribution >= 0.6 is 0 Å². The summed E-state index contributed by atoms with van der Waals surface area (Å²) in [5.74, 6) is 3.07. The number of aryl methyl sites for hydroxylation is 1. The van der Waals surface area contributed by atoms with E-state index in [4.69, 9.17) is 0 Å². The van der Waals surface area contributed by atoms with E-state index in [-0.39, 0.29) is 0 Å². The summed E-state index contributed by atoms with van der Waals surface area (Å²) in [6.07, 6.45) is 17.3. The van der Waals surface area contributed by atoms with Crippen LogP contribution in [0.4, 0.5) is 0 Å². The Bertz CT molecular complexity index is 386. The van der Waals surface area contributed by atoms with Gasteiger partial charge in [-0.25, -0.2) is 0 Å². The molecule has 2 rings (SSSR count). The van der Waals surface area contributed by atoms with Crippen LogP contribution in [-0.4, -0.2) is 0 Å². The summed E-state index contributed by atoms with van der Waals surface area (Å²) in [5, 5.41) is 0. The van der Waals surface area contributed by atoms with Gasteiger partial charge in [0, 0.05) is 0 Å². The molecule has 23 heavy (non-hydrogen) atoms. The summed E-state index contributed by atoms with van der Waals surface area (Å²) in [4.78, 5) is 0. The van der Waals surface area contributed by atoms with Crippen LogP contribution in [0.1, 0.15) is 90.0 Å². The molecule has 0 saturated heterocycles. The van der Waals surface area contributed by atoms with Crippen LogP contribution < -0.4 is 0 Å². The fourth-order valence-corrected chi connectivity index (χ4v) is 4.55. The van der Waals surface area contributed by atoms with E-state index >= 15 is 0 Å². The lowest BCUT2D eigenvalue weighted by molar-refractivity contribution is 0.180. The smallest absolute Gasteiger partial charge is 0.0279 e. The van der Waals surface area contributed by atoms with E-state index in [0.29, 0.717) is 0 Å². The van der Waals surface area contributed by atoms with E-state index in [0.717, 1.165) is 17.8 Å². The second-order valence-electron chi connectivity index (χ2n) is 7.82. The van der Waals surface area contributed by atoms with Gasteiger partial charge in [0.1, 0.15) is 0 Å². The molecule has 0 heteroatoms. The lowest BCUT2D eigenvalue weighted by Gasteiger charge is -2.34. The van der Waals surface area contributed by atoms with Gasteiger partial charge in [-0.3, -0.25) is 0 Å². The zero-order valence-corrected chi connectivity index (χ0v) is 15.6. The lowest BCUT2D eigenvalue weighted by atomic mass is 9.72. The highest BCUT2D eigenvalue weighted by molar-refractivity contribution is 5.14.